The third kappa shape index (κ3) is 9.39. The Bertz CT molecular complexity index is 730. The maximum absolute atomic E-state index is 13.4. The van der Waals surface area contributed by atoms with Crippen LogP contribution >= 0.6 is 56.3 Å². The first-order valence-corrected chi connectivity index (χ1v) is 10.7. The van der Waals surface area contributed by atoms with E-state index in [0.29, 0.717) is 35.0 Å². The fraction of sp³-hybridized carbons (Fsp3) is 0.278. The second kappa shape index (κ2) is 12.8. The van der Waals surface area contributed by atoms with Crippen LogP contribution in [0.25, 0.3) is 0 Å². The van der Waals surface area contributed by atoms with Gasteiger partial charge in [0.05, 0.1) is 6.61 Å². The summed E-state index contributed by atoms with van der Waals surface area (Å²) in [7, 11) is 0. The van der Waals surface area contributed by atoms with Crippen molar-refractivity contribution in [3.8, 4) is 0 Å². The second-order valence-electron chi connectivity index (χ2n) is 4.93. The molecule has 2 aromatic rings. The molecule has 0 amide bonds. The predicted molar refractivity (Wildman–Crippen MR) is 112 cm³/mol. The molecule has 142 valence electrons. The van der Waals surface area contributed by atoms with Crippen LogP contribution in [0.4, 0.5) is 8.78 Å². The number of hydrogen-bond acceptors (Lipinski definition) is 4. The first-order valence-electron chi connectivity index (χ1n) is 7.71. The molecule has 0 heterocycles. The first-order chi connectivity index (χ1) is 12.3. The van der Waals surface area contributed by atoms with E-state index >= 15 is 0 Å². The minimum atomic E-state index is -0.298. The minimum Gasteiger partial charge on any atom is -0.466 e. The van der Waals surface area contributed by atoms with Crippen LogP contribution < -0.4 is 0 Å². The largest absolute Gasteiger partial charge is 0.466 e. The SMILES string of the molecule is CCOC(=O)CCCSc1ccc(Br)cc1F.Fc1cc(Br)ccc1S. The van der Waals surface area contributed by atoms with Gasteiger partial charge in [-0.3, -0.25) is 4.79 Å². The highest BCUT2D eigenvalue weighted by molar-refractivity contribution is 9.10. The van der Waals surface area contributed by atoms with E-state index in [2.05, 4.69) is 44.5 Å². The molecule has 0 radical (unpaired) electrons. The molecule has 0 saturated heterocycles. The van der Waals surface area contributed by atoms with Crippen molar-refractivity contribution in [1.82, 2.24) is 0 Å². The lowest BCUT2D eigenvalue weighted by atomic mass is 10.3. The minimum absolute atomic E-state index is 0.190. The summed E-state index contributed by atoms with van der Waals surface area (Å²) in [6, 6.07) is 9.69. The van der Waals surface area contributed by atoms with Crippen LogP contribution in [0.15, 0.2) is 55.1 Å². The van der Waals surface area contributed by atoms with Gasteiger partial charge in [0.1, 0.15) is 11.6 Å². The van der Waals surface area contributed by atoms with Gasteiger partial charge in [-0.05, 0) is 55.5 Å². The Morgan fingerprint density at radius 2 is 1.73 bits per heavy atom. The fourth-order valence-electron chi connectivity index (χ4n) is 1.71. The summed E-state index contributed by atoms with van der Waals surface area (Å²) in [6.45, 7) is 2.19. The quantitative estimate of drug-likeness (QED) is 0.191. The molecule has 0 unspecified atom stereocenters. The number of halogens is 4. The monoisotopic (exact) mass is 526 g/mol. The van der Waals surface area contributed by atoms with Crippen LogP contribution in [0.3, 0.4) is 0 Å². The Hall–Kier alpha value is -0.570. The maximum atomic E-state index is 13.4. The number of hydrogen-bond donors (Lipinski definition) is 1. The van der Waals surface area contributed by atoms with Crippen LogP contribution in [0.1, 0.15) is 19.8 Å². The van der Waals surface area contributed by atoms with Gasteiger partial charge >= 0.3 is 5.97 Å². The van der Waals surface area contributed by atoms with Crippen LogP contribution in [0.2, 0.25) is 0 Å². The van der Waals surface area contributed by atoms with Gasteiger partial charge in [-0.2, -0.15) is 0 Å². The average Bonchev–Trinajstić information content (AvgIpc) is 2.58. The summed E-state index contributed by atoms with van der Waals surface area (Å²) < 4.78 is 32.2. The summed E-state index contributed by atoms with van der Waals surface area (Å²) in [4.78, 5) is 12.0. The van der Waals surface area contributed by atoms with E-state index in [1.165, 1.54) is 23.9 Å². The summed E-state index contributed by atoms with van der Waals surface area (Å²) in [5.74, 6) is -0.0187. The van der Waals surface area contributed by atoms with Gasteiger partial charge in [-0.25, -0.2) is 8.78 Å². The number of thiol groups is 1. The Labute approximate surface area is 178 Å². The van der Waals surface area contributed by atoms with E-state index < -0.39 is 0 Å². The standard InChI is InChI=1S/C12H14BrFO2S.C6H4BrFS/c1-2-16-12(15)4-3-7-17-11-6-5-9(13)8-10(11)14;7-4-1-2-6(9)5(8)3-4/h5-6,8H,2-4,7H2,1H3;1-3,9H. The van der Waals surface area contributed by atoms with E-state index in [0.717, 1.165) is 8.95 Å². The van der Waals surface area contributed by atoms with Gasteiger partial charge in [0.25, 0.3) is 0 Å². The van der Waals surface area contributed by atoms with Crippen molar-refractivity contribution in [2.45, 2.75) is 29.6 Å². The summed E-state index contributed by atoms with van der Waals surface area (Å²) in [6.07, 6.45) is 1.08. The topological polar surface area (TPSA) is 26.3 Å². The molecule has 2 nitrogen and oxygen atoms in total. The van der Waals surface area contributed by atoms with Crippen molar-refractivity contribution in [1.29, 1.82) is 0 Å². The number of esters is 1. The molecule has 0 aliphatic heterocycles. The molecule has 0 bridgehead atoms. The Balaban J connectivity index is 0.000000314. The van der Waals surface area contributed by atoms with Crippen molar-refractivity contribution in [3.05, 3.63) is 57.0 Å². The molecule has 0 aliphatic carbocycles. The number of thioether (sulfide) groups is 1. The highest BCUT2D eigenvalue weighted by Crippen LogP contribution is 2.25. The lowest BCUT2D eigenvalue weighted by molar-refractivity contribution is -0.143. The number of carbonyl (C=O) groups excluding carboxylic acids is 1. The molecule has 0 spiro atoms. The smallest absolute Gasteiger partial charge is 0.305 e. The third-order valence-electron chi connectivity index (χ3n) is 2.89. The third-order valence-corrected chi connectivity index (χ3v) is 5.38. The molecule has 0 aromatic heterocycles. The molecular weight excluding hydrogens is 510 g/mol. The fourth-order valence-corrected chi connectivity index (χ4v) is 3.38. The molecule has 0 saturated carbocycles. The second-order valence-corrected chi connectivity index (χ2v) is 8.38. The van der Waals surface area contributed by atoms with Gasteiger partial charge in [0.2, 0.25) is 0 Å². The normalized spacial score (nSPS) is 10.1. The van der Waals surface area contributed by atoms with E-state index in [1.807, 2.05) is 0 Å². The highest BCUT2D eigenvalue weighted by atomic mass is 79.9. The number of rotatable bonds is 6. The average molecular weight is 528 g/mol. The van der Waals surface area contributed by atoms with E-state index in [4.69, 9.17) is 4.74 Å². The molecule has 2 rings (SSSR count). The van der Waals surface area contributed by atoms with E-state index in [1.54, 1.807) is 31.2 Å². The van der Waals surface area contributed by atoms with Gasteiger partial charge in [-0.15, -0.1) is 24.4 Å². The van der Waals surface area contributed by atoms with Crippen LogP contribution in [0, 0.1) is 11.6 Å². The summed E-state index contributed by atoms with van der Waals surface area (Å²) in [5.41, 5.74) is 0. The number of carbonyl (C=O) groups is 1. The van der Waals surface area contributed by atoms with Crippen molar-refractivity contribution >= 4 is 62.2 Å². The van der Waals surface area contributed by atoms with E-state index in [-0.39, 0.29) is 17.6 Å². The zero-order valence-electron chi connectivity index (χ0n) is 14.0. The molecule has 2 aromatic carbocycles. The van der Waals surface area contributed by atoms with Gasteiger partial charge < -0.3 is 4.74 Å². The van der Waals surface area contributed by atoms with Gasteiger partial charge in [0, 0.05) is 25.2 Å². The Morgan fingerprint density at radius 1 is 1.12 bits per heavy atom. The summed E-state index contributed by atoms with van der Waals surface area (Å²) >= 11 is 11.6. The van der Waals surface area contributed by atoms with Gasteiger partial charge in [-0.1, -0.05) is 31.9 Å². The van der Waals surface area contributed by atoms with Gasteiger partial charge in [0.15, 0.2) is 0 Å². The summed E-state index contributed by atoms with van der Waals surface area (Å²) in [5, 5.41) is 0. The lowest BCUT2D eigenvalue weighted by Gasteiger charge is -2.04. The molecular formula is C18H18Br2F2O2S2. The van der Waals surface area contributed by atoms with Crippen molar-refractivity contribution in [3.63, 3.8) is 0 Å². The number of benzene rings is 2. The lowest BCUT2D eigenvalue weighted by Crippen LogP contribution is -2.03. The molecule has 0 N–H and O–H groups in total. The molecule has 0 aliphatic rings. The van der Waals surface area contributed by atoms with Crippen LogP contribution in [0.5, 0.6) is 0 Å². The predicted octanol–water partition coefficient (Wildman–Crippen LogP) is 6.90. The van der Waals surface area contributed by atoms with Crippen molar-refractivity contribution in [2.24, 2.45) is 0 Å². The van der Waals surface area contributed by atoms with Crippen molar-refractivity contribution in [2.75, 3.05) is 12.4 Å². The van der Waals surface area contributed by atoms with Crippen LogP contribution in [-0.2, 0) is 9.53 Å². The number of ether oxygens (including phenoxy) is 1. The Kier molecular flexibility index (Phi) is 11.5. The van der Waals surface area contributed by atoms with E-state index in [9.17, 15) is 13.6 Å². The van der Waals surface area contributed by atoms with Crippen LogP contribution in [-0.4, -0.2) is 18.3 Å². The zero-order valence-corrected chi connectivity index (χ0v) is 18.9. The molecule has 0 fully saturated rings. The molecule has 8 heteroatoms. The molecule has 26 heavy (non-hydrogen) atoms. The highest BCUT2D eigenvalue weighted by Gasteiger charge is 2.05. The van der Waals surface area contributed by atoms with Crippen molar-refractivity contribution < 1.29 is 18.3 Å². The Morgan fingerprint density at radius 3 is 2.27 bits per heavy atom. The maximum Gasteiger partial charge on any atom is 0.305 e. The molecule has 0 atom stereocenters. The first kappa shape index (κ1) is 23.5. The zero-order chi connectivity index (χ0) is 19.5.